The number of carbonyl (C=O) groups excluding carboxylic acids is 1. The van der Waals surface area contributed by atoms with Crippen molar-refractivity contribution >= 4 is 22.2 Å². The van der Waals surface area contributed by atoms with Gasteiger partial charge in [-0.05, 0) is 34.0 Å². The van der Waals surface area contributed by atoms with Crippen molar-refractivity contribution in [1.82, 2.24) is 0 Å². The summed E-state index contributed by atoms with van der Waals surface area (Å²) in [4.78, 5) is 10.4. The lowest BCUT2D eigenvalue weighted by atomic mass is 9.97. The number of aromatic hydroxyl groups is 1. The van der Waals surface area contributed by atoms with Crippen molar-refractivity contribution in [3.63, 3.8) is 0 Å². The van der Waals surface area contributed by atoms with Crippen LogP contribution in [0.4, 0.5) is 0 Å². The zero-order valence-corrected chi connectivity index (χ0v) is 10.2. The highest BCUT2D eigenvalue weighted by atomic mass is 79.9. The fourth-order valence-corrected chi connectivity index (χ4v) is 1.81. The van der Waals surface area contributed by atoms with E-state index in [9.17, 15) is 9.90 Å². The topological polar surface area (TPSA) is 46.5 Å². The summed E-state index contributed by atoms with van der Waals surface area (Å²) in [6.45, 7) is 1.88. The van der Waals surface area contributed by atoms with Crippen LogP contribution < -0.4 is 4.74 Å². The molecule has 1 N–H and O–H groups in total. The van der Waals surface area contributed by atoms with Crippen molar-refractivity contribution in [2.75, 3.05) is 7.11 Å². The molecule has 1 rings (SSSR count). The molecule has 0 fully saturated rings. The Morgan fingerprint density at radius 1 is 1.60 bits per heavy atom. The minimum Gasteiger partial charge on any atom is -0.506 e. The van der Waals surface area contributed by atoms with E-state index in [2.05, 4.69) is 15.9 Å². The molecule has 0 saturated carbocycles. The molecule has 1 aromatic carbocycles. The van der Waals surface area contributed by atoms with Gasteiger partial charge in [0.2, 0.25) is 0 Å². The van der Waals surface area contributed by atoms with Gasteiger partial charge in [0.05, 0.1) is 11.6 Å². The van der Waals surface area contributed by atoms with Crippen molar-refractivity contribution in [3.05, 3.63) is 22.2 Å². The number of phenols is 1. The molecule has 0 saturated heterocycles. The summed E-state index contributed by atoms with van der Waals surface area (Å²) in [7, 11) is 1.56. The Kier molecular flexibility index (Phi) is 4.15. The Morgan fingerprint density at radius 3 is 2.80 bits per heavy atom. The summed E-state index contributed by atoms with van der Waals surface area (Å²) in [6, 6.07) is 3.43. The van der Waals surface area contributed by atoms with Crippen molar-refractivity contribution in [2.45, 2.75) is 19.3 Å². The van der Waals surface area contributed by atoms with E-state index in [0.717, 1.165) is 6.29 Å². The van der Waals surface area contributed by atoms with Crippen LogP contribution in [-0.2, 0) is 4.79 Å². The van der Waals surface area contributed by atoms with Crippen LogP contribution in [0.1, 0.15) is 24.8 Å². The van der Waals surface area contributed by atoms with Crippen molar-refractivity contribution < 1.29 is 14.6 Å². The van der Waals surface area contributed by atoms with Gasteiger partial charge in [0.25, 0.3) is 0 Å². The SMILES string of the molecule is COc1cc(Br)c(O)c(C(C)CC=O)c1. The predicted molar refractivity (Wildman–Crippen MR) is 61.5 cm³/mol. The largest absolute Gasteiger partial charge is 0.506 e. The molecular formula is C11H13BrO3. The zero-order valence-electron chi connectivity index (χ0n) is 8.66. The number of phenolic OH excluding ortho intramolecular Hbond substituents is 1. The van der Waals surface area contributed by atoms with Gasteiger partial charge in [0, 0.05) is 12.0 Å². The van der Waals surface area contributed by atoms with Gasteiger partial charge in [-0.3, -0.25) is 0 Å². The molecule has 0 bridgehead atoms. The number of rotatable bonds is 4. The van der Waals surface area contributed by atoms with Crippen molar-refractivity contribution in [2.24, 2.45) is 0 Å². The van der Waals surface area contributed by atoms with E-state index in [-0.39, 0.29) is 11.7 Å². The maximum atomic E-state index is 10.4. The Labute approximate surface area is 97.2 Å². The van der Waals surface area contributed by atoms with E-state index in [1.807, 2.05) is 6.92 Å². The van der Waals surface area contributed by atoms with Crippen LogP contribution >= 0.6 is 15.9 Å². The summed E-state index contributed by atoms with van der Waals surface area (Å²) in [6.07, 6.45) is 1.23. The lowest BCUT2D eigenvalue weighted by Gasteiger charge is -2.13. The van der Waals surface area contributed by atoms with E-state index < -0.39 is 0 Å². The molecule has 0 aliphatic carbocycles. The van der Waals surface area contributed by atoms with E-state index in [1.165, 1.54) is 0 Å². The van der Waals surface area contributed by atoms with Gasteiger partial charge >= 0.3 is 0 Å². The first kappa shape index (κ1) is 12.0. The number of methoxy groups -OCH3 is 1. The number of aldehydes is 1. The molecule has 0 aliphatic rings. The average molecular weight is 273 g/mol. The summed E-state index contributed by atoms with van der Waals surface area (Å²) < 4.78 is 5.67. The second kappa shape index (κ2) is 5.16. The molecule has 0 spiro atoms. The predicted octanol–water partition coefficient (Wildman–Crippen LogP) is 2.86. The maximum absolute atomic E-state index is 10.4. The quantitative estimate of drug-likeness (QED) is 0.858. The fraction of sp³-hybridized carbons (Fsp3) is 0.364. The van der Waals surface area contributed by atoms with Crippen LogP contribution in [0, 0.1) is 0 Å². The summed E-state index contributed by atoms with van der Waals surface area (Å²) >= 11 is 3.24. The monoisotopic (exact) mass is 272 g/mol. The number of carbonyl (C=O) groups is 1. The minimum absolute atomic E-state index is 0.0195. The van der Waals surface area contributed by atoms with Crippen LogP contribution in [0.25, 0.3) is 0 Å². The van der Waals surface area contributed by atoms with Crippen LogP contribution in [0.3, 0.4) is 0 Å². The van der Waals surface area contributed by atoms with Gasteiger partial charge in [0.1, 0.15) is 17.8 Å². The maximum Gasteiger partial charge on any atom is 0.133 e. The van der Waals surface area contributed by atoms with Gasteiger partial charge < -0.3 is 14.6 Å². The second-order valence-corrected chi connectivity index (χ2v) is 4.20. The Morgan fingerprint density at radius 2 is 2.27 bits per heavy atom. The first-order chi connectivity index (χ1) is 7.10. The van der Waals surface area contributed by atoms with Gasteiger partial charge in [-0.2, -0.15) is 0 Å². The highest BCUT2D eigenvalue weighted by molar-refractivity contribution is 9.10. The lowest BCUT2D eigenvalue weighted by Crippen LogP contribution is -1.96. The molecule has 1 aromatic rings. The van der Waals surface area contributed by atoms with Crippen molar-refractivity contribution in [3.8, 4) is 11.5 Å². The molecule has 0 amide bonds. The van der Waals surface area contributed by atoms with Crippen molar-refractivity contribution in [1.29, 1.82) is 0 Å². The van der Waals surface area contributed by atoms with E-state index in [1.54, 1.807) is 19.2 Å². The first-order valence-corrected chi connectivity index (χ1v) is 5.39. The number of hydrogen-bond donors (Lipinski definition) is 1. The molecule has 0 aromatic heterocycles. The molecule has 15 heavy (non-hydrogen) atoms. The van der Waals surface area contributed by atoms with Gasteiger partial charge in [0.15, 0.2) is 0 Å². The molecule has 1 unspecified atom stereocenters. The minimum atomic E-state index is -0.0195. The van der Waals surface area contributed by atoms with Crippen LogP contribution in [0.5, 0.6) is 11.5 Å². The number of benzene rings is 1. The van der Waals surface area contributed by atoms with Gasteiger partial charge in [-0.15, -0.1) is 0 Å². The normalized spacial score (nSPS) is 12.2. The molecule has 0 radical (unpaired) electrons. The van der Waals surface area contributed by atoms with E-state index >= 15 is 0 Å². The smallest absolute Gasteiger partial charge is 0.133 e. The molecule has 82 valence electrons. The fourth-order valence-electron chi connectivity index (χ4n) is 1.36. The second-order valence-electron chi connectivity index (χ2n) is 3.35. The van der Waals surface area contributed by atoms with Crippen LogP contribution in [-0.4, -0.2) is 18.5 Å². The highest BCUT2D eigenvalue weighted by Gasteiger charge is 2.14. The molecule has 0 aliphatic heterocycles. The molecule has 0 heterocycles. The molecule has 4 heteroatoms. The van der Waals surface area contributed by atoms with Crippen LogP contribution in [0.2, 0.25) is 0 Å². The van der Waals surface area contributed by atoms with Crippen LogP contribution in [0.15, 0.2) is 16.6 Å². The standard InChI is InChI=1S/C11H13BrO3/c1-7(3-4-13)9-5-8(15-2)6-10(12)11(9)14/h4-7,14H,3H2,1-2H3. The summed E-state index contributed by atoms with van der Waals surface area (Å²) in [5, 5.41) is 9.80. The lowest BCUT2D eigenvalue weighted by molar-refractivity contribution is -0.108. The van der Waals surface area contributed by atoms with Gasteiger partial charge in [-0.25, -0.2) is 0 Å². The summed E-state index contributed by atoms with van der Waals surface area (Å²) in [5.74, 6) is 0.812. The third kappa shape index (κ3) is 2.72. The average Bonchev–Trinajstić information content (AvgIpc) is 2.22. The molecular weight excluding hydrogens is 260 g/mol. The zero-order chi connectivity index (χ0) is 11.4. The number of ether oxygens (including phenoxy) is 1. The third-order valence-corrected chi connectivity index (χ3v) is 2.89. The summed E-state index contributed by atoms with van der Waals surface area (Å²) in [5.41, 5.74) is 0.716. The Bertz CT molecular complexity index is 363. The first-order valence-electron chi connectivity index (χ1n) is 4.60. The van der Waals surface area contributed by atoms with E-state index in [4.69, 9.17) is 4.74 Å². The Balaban J connectivity index is 3.14. The Hall–Kier alpha value is -1.03. The number of hydrogen-bond acceptors (Lipinski definition) is 3. The molecule has 3 nitrogen and oxygen atoms in total. The van der Waals surface area contributed by atoms with Gasteiger partial charge in [-0.1, -0.05) is 6.92 Å². The molecule has 1 atom stereocenters. The highest BCUT2D eigenvalue weighted by Crippen LogP contribution is 2.37. The third-order valence-electron chi connectivity index (χ3n) is 2.28. The number of halogens is 1. The van der Waals surface area contributed by atoms with E-state index in [0.29, 0.717) is 22.2 Å².